The lowest BCUT2D eigenvalue weighted by molar-refractivity contribution is 0.0855. The fourth-order valence-electron chi connectivity index (χ4n) is 1.41. The Balaban J connectivity index is 2.37. The molecule has 74 valence electrons. The number of rotatable bonds is 0. The van der Waals surface area contributed by atoms with Crippen molar-refractivity contribution in [1.82, 2.24) is 9.88 Å². The second-order valence-corrected chi connectivity index (χ2v) is 3.07. The minimum atomic E-state index is -1.13. The van der Waals surface area contributed by atoms with E-state index in [9.17, 15) is 9.59 Å². The number of aromatic nitrogens is 1. The molecule has 0 aromatic carbocycles. The number of Topliss-reactive ketones (excluding diaryl/α,β-unsaturated/α-hetero) is 1. The zero-order valence-electron chi connectivity index (χ0n) is 7.48. The van der Waals surface area contributed by atoms with Gasteiger partial charge in [-0.05, 0) is 0 Å². The van der Waals surface area contributed by atoms with Gasteiger partial charge in [0.1, 0.15) is 0 Å². The molecule has 0 bridgehead atoms. The fourth-order valence-corrected chi connectivity index (χ4v) is 1.41. The molecule has 1 aliphatic heterocycles. The SMILES string of the molecule is Cc1nc2c(o1)CN(C(=O)O)CC2=O. The van der Waals surface area contributed by atoms with Crippen LogP contribution in [0.5, 0.6) is 0 Å². The maximum atomic E-state index is 11.4. The van der Waals surface area contributed by atoms with Crippen LogP contribution in [0.3, 0.4) is 0 Å². The summed E-state index contributed by atoms with van der Waals surface area (Å²) in [7, 11) is 0. The third kappa shape index (κ3) is 1.24. The summed E-state index contributed by atoms with van der Waals surface area (Å²) in [4.78, 5) is 26.9. The fraction of sp³-hybridized carbons (Fsp3) is 0.375. The Kier molecular flexibility index (Phi) is 1.77. The molecule has 0 saturated heterocycles. The number of hydrogen-bond acceptors (Lipinski definition) is 4. The lowest BCUT2D eigenvalue weighted by Crippen LogP contribution is -2.38. The topological polar surface area (TPSA) is 83.6 Å². The molecule has 0 saturated carbocycles. The second kappa shape index (κ2) is 2.83. The van der Waals surface area contributed by atoms with Crippen LogP contribution in [0.25, 0.3) is 0 Å². The Bertz CT molecular complexity index is 409. The first-order valence-electron chi connectivity index (χ1n) is 4.05. The van der Waals surface area contributed by atoms with Crippen molar-refractivity contribution in [1.29, 1.82) is 0 Å². The van der Waals surface area contributed by atoms with Gasteiger partial charge in [-0.2, -0.15) is 0 Å². The number of amides is 1. The molecule has 0 radical (unpaired) electrons. The summed E-state index contributed by atoms with van der Waals surface area (Å²) < 4.78 is 5.12. The molecule has 1 aliphatic rings. The van der Waals surface area contributed by atoms with Crippen LogP contribution in [0.2, 0.25) is 0 Å². The van der Waals surface area contributed by atoms with E-state index >= 15 is 0 Å². The molecule has 14 heavy (non-hydrogen) atoms. The van der Waals surface area contributed by atoms with E-state index < -0.39 is 6.09 Å². The molecule has 0 unspecified atom stereocenters. The molecule has 0 atom stereocenters. The Labute approximate surface area is 79.1 Å². The van der Waals surface area contributed by atoms with Gasteiger partial charge in [0.05, 0.1) is 13.1 Å². The first kappa shape index (κ1) is 8.74. The normalized spacial score (nSPS) is 15.5. The first-order valence-corrected chi connectivity index (χ1v) is 4.05. The van der Waals surface area contributed by atoms with Crippen LogP contribution in [0.4, 0.5) is 4.79 Å². The van der Waals surface area contributed by atoms with Crippen LogP contribution in [0, 0.1) is 6.92 Å². The largest absolute Gasteiger partial charge is 0.465 e. The number of hydrogen-bond donors (Lipinski definition) is 1. The van der Waals surface area contributed by atoms with E-state index in [0.717, 1.165) is 4.90 Å². The zero-order valence-corrected chi connectivity index (χ0v) is 7.48. The summed E-state index contributed by atoms with van der Waals surface area (Å²) in [6, 6.07) is 0. The van der Waals surface area contributed by atoms with E-state index in [1.54, 1.807) is 6.92 Å². The highest BCUT2D eigenvalue weighted by atomic mass is 16.4. The van der Waals surface area contributed by atoms with Crippen molar-refractivity contribution in [2.45, 2.75) is 13.5 Å². The van der Waals surface area contributed by atoms with Crippen LogP contribution in [0.15, 0.2) is 4.42 Å². The number of oxazole rings is 1. The number of nitrogens with zero attached hydrogens (tertiary/aromatic N) is 2. The summed E-state index contributed by atoms with van der Waals surface area (Å²) in [5.41, 5.74) is 0.264. The van der Waals surface area contributed by atoms with E-state index in [2.05, 4.69) is 4.98 Å². The van der Waals surface area contributed by atoms with E-state index in [4.69, 9.17) is 9.52 Å². The molecule has 0 spiro atoms. The summed E-state index contributed by atoms with van der Waals surface area (Å²) in [6.45, 7) is 1.57. The van der Waals surface area contributed by atoms with Gasteiger partial charge in [0.15, 0.2) is 17.3 Å². The monoisotopic (exact) mass is 196 g/mol. The molecule has 6 heteroatoms. The van der Waals surface area contributed by atoms with Crippen molar-refractivity contribution in [2.24, 2.45) is 0 Å². The Hall–Kier alpha value is -1.85. The summed E-state index contributed by atoms with van der Waals surface area (Å²) in [5.74, 6) is 0.405. The van der Waals surface area contributed by atoms with Crippen molar-refractivity contribution in [3.05, 3.63) is 17.3 Å². The lowest BCUT2D eigenvalue weighted by Gasteiger charge is -2.20. The van der Waals surface area contributed by atoms with Crippen molar-refractivity contribution in [3.8, 4) is 0 Å². The van der Waals surface area contributed by atoms with Crippen LogP contribution < -0.4 is 0 Å². The predicted octanol–water partition coefficient (Wildman–Crippen LogP) is 0.659. The Morgan fingerprint density at radius 3 is 2.93 bits per heavy atom. The molecule has 0 aliphatic carbocycles. The third-order valence-electron chi connectivity index (χ3n) is 2.01. The van der Waals surface area contributed by atoms with Gasteiger partial charge in [-0.1, -0.05) is 0 Å². The van der Waals surface area contributed by atoms with Crippen molar-refractivity contribution in [2.75, 3.05) is 6.54 Å². The molecular formula is C8H8N2O4. The predicted molar refractivity (Wildman–Crippen MR) is 44.0 cm³/mol. The number of carbonyl (C=O) groups is 2. The van der Waals surface area contributed by atoms with Crippen molar-refractivity contribution < 1.29 is 19.1 Å². The minimum Gasteiger partial charge on any atom is -0.465 e. The van der Waals surface area contributed by atoms with Gasteiger partial charge in [-0.25, -0.2) is 9.78 Å². The van der Waals surface area contributed by atoms with Gasteiger partial charge in [-0.3, -0.25) is 9.69 Å². The molecule has 2 heterocycles. The highest BCUT2D eigenvalue weighted by Crippen LogP contribution is 2.19. The second-order valence-electron chi connectivity index (χ2n) is 3.07. The first-order chi connectivity index (χ1) is 6.58. The zero-order chi connectivity index (χ0) is 10.3. The maximum Gasteiger partial charge on any atom is 0.408 e. The van der Waals surface area contributed by atoms with E-state index in [1.165, 1.54) is 0 Å². The number of ketones is 1. The number of aryl methyl sites for hydroxylation is 1. The summed E-state index contributed by atoms with van der Waals surface area (Å²) in [6.07, 6.45) is -1.13. The Morgan fingerprint density at radius 1 is 1.57 bits per heavy atom. The van der Waals surface area contributed by atoms with Crippen LogP contribution in [-0.2, 0) is 6.54 Å². The molecule has 6 nitrogen and oxygen atoms in total. The molecule has 1 N–H and O–H groups in total. The van der Waals surface area contributed by atoms with Crippen molar-refractivity contribution in [3.63, 3.8) is 0 Å². The molecule has 1 aromatic heterocycles. The van der Waals surface area contributed by atoms with Crippen LogP contribution in [0.1, 0.15) is 22.1 Å². The smallest absolute Gasteiger partial charge is 0.408 e. The average Bonchev–Trinajstić information content (AvgIpc) is 2.45. The number of carboxylic acid groups (broad SMARTS) is 1. The highest BCUT2D eigenvalue weighted by molar-refractivity contribution is 5.99. The van der Waals surface area contributed by atoms with Gasteiger partial charge < -0.3 is 9.52 Å². The van der Waals surface area contributed by atoms with Gasteiger partial charge in [0.25, 0.3) is 0 Å². The van der Waals surface area contributed by atoms with Gasteiger partial charge in [0.2, 0.25) is 5.78 Å². The number of fused-ring (bicyclic) bond motifs is 1. The third-order valence-corrected chi connectivity index (χ3v) is 2.01. The standard InChI is InChI=1S/C8H8N2O4/c1-4-9-7-5(11)2-10(8(12)13)3-6(7)14-4/h2-3H2,1H3,(H,12,13). The molecule has 1 aromatic rings. The molecule has 2 rings (SSSR count). The van der Waals surface area contributed by atoms with Crippen LogP contribution >= 0.6 is 0 Å². The summed E-state index contributed by atoms with van der Waals surface area (Å²) in [5, 5.41) is 8.70. The molecular weight excluding hydrogens is 188 g/mol. The quantitative estimate of drug-likeness (QED) is 0.658. The maximum absolute atomic E-state index is 11.4. The number of carbonyl (C=O) groups excluding carboxylic acids is 1. The molecule has 0 fully saturated rings. The van der Waals surface area contributed by atoms with E-state index in [-0.39, 0.29) is 24.6 Å². The average molecular weight is 196 g/mol. The van der Waals surface area contributed by atoms with Crippen molar-refractivity contribution >= 4 is 11.9 Å². The van der Waals surface area contributed by atoms with Gasteiger partial charge in [-0.15, -0.1) is 0 Å². The van der Waals surface area contributed by atoms with E-state index in [1.807, 2.05) is 0 Å². The summed E-state index contributed by atoms with van der Waals surface area (Å²) >= 11 is 0. The lowest BCUT2D eigenvalue weighted by atomic mass is 10.1. The minimum absolute atomic E-state index is 0.0945. The molecule has 1 amide bonds. The van der Waals surface area contributed by atoms with Crippen LogP contribution in [-0.4, -0.2) is 33.4 Å². The van der Waals surface area contributed by atoms with Gasteiger partial charge in [0, 0.05) is 6.92 Å². The highest BCUT2D eigenvalue weighted by Gasteiger charge is 2.30. The van der Waals surface area contributed by atoms with E-state index in [0.29, 0.717) is 11.7 Å². The van der Waals surface area contributed by atoms with Gasteiger partial charge >= 0.3 is 6.09 Å². The Morgan fingerprint density at radius 2 is 2.29 bits per heavy atom.